The van der Waals surface area contributed by atoms with E-state index in [1.54, 1.807) is 12.2 Å². The summed E-state index contributed by atoms with van der Waals surface area (Å²) in [4.78, 5) is 10.2. The van der Waals surface area contributed by atoms with Crippen molar-refractivity contribution < 1.29 is 4.79 Å². The summed E-state index contributed by atoms with van der Waals surface area (Å²) in [6.45, 7) is 2.13. The third-order valence-electron chi connectivity index (χ3n) is 1.15. The molecule has 0 aliphatic rings. The molecule has 0 aromatic carbocycles. The van der Waals surface area contributed by atoms with Crippen LogP contribution in [0, 0.1) is 0 Å². The highest BCUT2D eigenvalue weighted by atomic mass is 35.5. The monoisotopic (exact) mass is 184 g/mol. The van der Waals surface area contributed by atoms with Gasteiger partial charge in [0.2, 0.25) is 5.24 Å². The zero-order chi connectivity index (χ0) is 9.23. The third kappa shape index (κ3) is 9.18. The second-order valence-corrected chi connectivity index (χ2v) is 2.64. The summed E-state index contributed by atoms with van der Waals surface area (Å²) in [6, 6.07) is 0. The molecule has 66 valence electrons. The molecule has 0 unspecified atom stereocenters. The van der Waals surface area contributed by atoms with Gasteiger partial charge in [0.05, 0.1) is 0 Å². The van der Waals surface area contributed by atoms with Gasteiger partial charge in [-0.05, 0) is 24.1 Å². The zero-order valence-corrected chi connectivity index (χ0v) is 7.92. The van der Waals surface area contributed by atoms with E-state index >= 15 is 0 Å². The average Bonchev–Trinajstić information content (AvgIpc) is 2.02. The summed E-state index contributed by atoms with van der Waals surface area (Å²) >= 11 is 5.06. The lowest BCUT2D eigenvalue weighted by Crippen LogP contribution is -1.71. The molecule has 0 radical (unpaired) electrons. The summed E-state index contributed by atoms with van der Waals surface area (Å²) in [5.41, 5.74) is 0. The van der Waals surface area contributed by atoms with Gasteiger partial charge in [-0.3, -0.25) is 4.79 Å². The summed E-state index contributed by atoms with van der Waals surface area (Å²) in [6.07, 6.45) is 12.8. The van der Waals surface area contributed by atoms with E-state index in [9.17, 15) is 4.79 Å². The van der Waals surface area contributed by atoms with Crippen LogP contribution in [-0.2, 0) is 4.79 Å². The lowest BCUT2D eigenvalue weighted by Gasteiger charge is -1.79. The van der Waals surface area contributed by atoms with Crippen molar-refractivity contribution in [3.63, 3.8) is 0 Å². The molecule has 0 atom stereocenters. The molecule has 0 fully saturated rings. The van der Waals surface area contributed by atoms with Gasteiger partial charge in [0.15, 0.2) is 0 Å². The van der Waals surface area contributed by atoms with Crippen molar-refractivity contribution in [2.75, 3.05) is 0 Å². The Morgan fingerprint density at radius 2 is 1.92 bits per heavy atom. The normalized spacial score (nSPS) is 12.2. The Morgan fingerprint density at radius 3 is 2.50 bits per heavy atom. The maximum Gasteiger partial charge on any atom is 0.245 e. The largest absolute Gasteiger partial charge is 0.276 e. The van der Waals surface area contributed by atoms with E-state index in [0.717, 1.165) is 12.8 Å². The van der Waals surface area contributed by atoms with Crippen LogP contribution in [0.1, 0.15) is 19.8 Å². The number of rotatable bonds is 5. The fourth-order valence-electron chi connectivity index (χ4n) is 0.601. The lowest BCUT2D eigenvalue weighted by molar-refractivity contribution is -0.107. The van der Waals surface area contributed by atoms with E-state index in [1.807, 2.05) is 12.2 Å². The number of allylic oxidation sites excluding steroid dienone is 6. The van der Waals surface area contributed by atoms with Gasteiger partial charge < -0.3 is 0 Å². The van der Waals surface area contributed by atoms with Crippen LogP contribution in [0.2, 0.25) is 0 Å². The van der Waals surface area contributed by atoms with Gasteiger partial charge in [0.25, 0.3) is 0 Å². The van der Waals surface area contributed by atoms with E-state index < -0.39 is 5.24 Å². The van der Waals surface area contributed by atoms with Crippen molar-refractivity contribution >= 4 is 16.8 Å². The minimum atomic E-state index is -0.447. The summed E-state index contributed by atoms with van der Waals surface area (Å²) in [7, 11) is 0. The van der Waals surface area contributed by atoms with E-state index in [0.29, 0.717) is 0 Å². The molecule has 12 heavy (non-hydrogen) atoms. The molecule has 0 saturated heterocycles. The maximum atomic E-state index is 10.2. The van der Waals surface area contributed by atoms with Crippen LogP contribution in [0.3, 0.4) is 0 Å². The molecule has 0 rings (SSSR count). The minimum Gasteiger partial charge on any atom is -0.276 e. The van der Waals surface area contributed by atoms with E-state index in [1.165, 1.54) is 6.08 Å². The van der Waals surface area contributed by atoms with Crippen molar-refractivity contribution in [2.24, 2.45) is 0 Å². The number of hydrogen-bond donors (Lipinski definition) is 0. The highest BCUT2D eigenvalue weighted by Gasteiger charge is 1.79. The fraction of sp³-hybridized carbons (Fsp3) is 0.300. The molecule has 0 aromatic rings. The first-order chi connectivity index (χ1) is 5.77. The molecule has 0 spiro atoms. The number of halogens is 1. The Hall–Kier alpha value is -0.820. The SMILES string of the molecule is CCCC=CC=CC=CC(=O)Cl. The molecule has 0 bridgehead atoms. The first kappa shape index (κ1) is 11.2. The molecule has 0 heterocycles. The van der Waals surface area contributed by atoms with E-state index in [2.05, 4.69) is 13.0 Å². The summed E-state index contributed by atoms with van der Waals surface area (Å²) in [5.74, 6) is 0. The topological polar surface area (TPSA) is 17.1 Å². The Bertz CT molecular complexity index is 202. The second-order valence-electron chi connectivity index (χ2n) is 2.26. The van der Waals surface area contributed by atoms with Gasteiger partial charge in [-0.25, -0.2) is 0 Å². The van der Waals surface area contributed by atoms with Gasteiger partial charge in [0, 0.05) is 0 Å². The molecule has 2 heteroatoms. The number of carbonyl (C=O) groups is 1. The Morgan fingerprint density at radius 1 is 1.25 bits per heavy atom. The molecule has 0 N–H and O–H groups in total. The third-order valence-corrected chi connectivity index (χ3v) is 1.28. The second kappa shape index (κ2) is 8.28. The van der Waals surface area contributed by atoms with Crippen molar-refractivity contribution in [1.29, 1.82) is 0 Å². The Balaban J connectivity index is 3.56. The van der Waals surface area contributed by atoms with Crippen LogP contribution in [0.25, 0.3) is 0 Å². The van der Waals surface area contributed by atoms with Crippen LogP contribution >= 0.6 is 11.6 Å². The van der Waals surface area contributed by atoms with Crippen molar-refractivity contribution in [3.8, 4) is 0 Å². The number of unbranched alkanes of at least 4 members (excludes halogenated alkanes) is 1. The van der Waals surface area contributed by atoms with Crippen LogP contribution in [0.5, 0.6) is 0 Å². The van der Waals surface area contributed by atoms with Crippen LogP contribution in [0.15, 0.2) is 36.5 Å². The van der Waals surface area contributed by atoms with Gasteiger partial charge in [-0.2, -0.15) is 0 Å². The van der Waals surface area contributed by atoms with E-state index in [-0.39, 0.29) is 0 Å². The predicted molar refractivity (Wildman–Crippen MR) is 53.2 cm³/mol. The average molecular weight is 185 g/mol. The molecular formula is C10H13ClO. The first-order valence-corrected chi connectivity index (χ1v) is 4.34. The van der Waals surface area contributed by atoms with Crippen LogP contribution in [-0.4, -0.2) is 5.24 Å². The molecule has 0 saturated carbocycles. The number of hydrogen-bond acceptors (Lipinski definition) is 1. The van der Waals surface area contributed by atoms with Crippen molar-refractivity contribution in [3.05, 3.63) is 36.5 Å². The lowest BCUT2D eigenvalue weighted by atomic mass is 10.3. The van der Waals surface area contributed by atoms with Crippen LogP contribution in [0.4, 0.5) is 0 Å². The summed E-state index contributed by atoms with van der Waals surface area (Å²) < 4.78 is 0. The minimum absolute atomic E-state index is 0.447. The molecule has 0 amide bonds. The quantitative estimate of drug-likeness (QED) is 0.364. The summed E-state index contributed by atoms with van der Waals surface area (Å²) in [5, 5.41) is -0.447. The standard InChI is InChI=1S/C10H13ClO/c1-2-3-4-5-6-7-8-9-10(11)12/h4-9H,2-3H2,1H3. The smallest absolute Gasteiger partial charge is 0.245 e. The van der Waals surface area contributed by atoms with Gasteiger partial charge in [-0.15, -0.1) is 0 Å². The van der Waals surface area contributed by atoms with Crippen LogP contribution < -0.4 is 0 Å². The molecule has 1 nitrogen and oxygen atoms in total. The van der Waals surface area contributed by atoms with E-state index in [4.69, 9.17) is 11.6 Å². The van der Waals surface area contributed by atoms with Gasteiger partial charge in [0.1, 0.15) is 0 Å². The van der Waals surface area contributed by atoms with Crippen molar-refractivity contribution in [1.82, 2.24) is 0 Å². The molecule has 0 aromatic heterocycles. The Kier molecular flexibility index (Phi) is 7.71. The number of carbonyl (C=O) groups excluding carboxylic acids is 1. The van der Waals surface area contributed by atoms with Gasteiger partial charge >= 0.3 is 0 Å². The highest BCUT2D eigenvalue weighted by molar-refractivity contribution is 6.66. The molecule has 0 aliphatic heterocycles. The highest BCUT2D eigenvalue weighted by Crippen LogP contribution is 1.89. The van der Waals surface area contributed by atoms with Gasteiger partial charge in [-0.1, -0.05) is 43.7 Å². The first-order valence-electron chi connectivity index (χ1n) is 3.96. The predicted octanol–water partition coefficient (Wildman–Crippen LogP) is 3.22. The zero-order valence-electron chi connectivity index (χ0n) is 7.16. The maximum absolute atomic E-state index is 10.2. The molecule has 0 aliphatic carbocycles. The Labute approximate surface area is 78.4 Å². The fourth-order valence-corrected chi connectivity index (χ4v) is 0.674. The van der Waals surface area contributed by atoms with Crippen molar-refractivity contribution in [2.45, 2.75) is 19.8 Å². The molecular weight excluding hydrogens is 172 g/mol.